The second kappa shape index (κ2) is 8.58. The van der Waals surface area contributed by atoms with Crippen LogP contribution >= 0.6 is 0 Å². The van der Waals surface area contributed by atoms with E-state index in [1.165, 1.54) is 6.92 Å². The third-order valence-corrected chi connectivity index (χ3v) is 4.08. The second-order valence-corrected chi connectivity index (χ2v) is 6.87. The lowest BCUT2D eigenvalue weighted by molar-refractivity contribution is -0.122. The zero-order chi connectivity index (χ0) is 20.1. The van der Waals surface area contributed by atoms with E-state index in [0.717, 1.165) is 16.7 Å². The summed E-state index contributed by atoms with van der Waals surface area (Å²) in [4.78, 5) is 22.8. The maximum absolute atomic E-state index is 11.9. The number of nitrogens with one attached hydrogen (secondary N) is 2. The van der Waals surface area contributed by atoms with Gasteiger partial charge in [-0.3, -0.25) is 9.59 Å². The number of amides is 2. The first kappa shape index (κ1) is 20.3. The van der Waals surface area contributed by atoms with E-state index in [1.54, 1.807) is 12.1 Å². The number of anilines is 1. The van der Waals surface area contributed by atoms with Crippen molar-refractivity contribution in [1.82, 2.24) is 5.32 Å². The highest BCUT2D eigenvalue weighted by molar-refractivity contribution is 5.94. The number of aryl methyl sites for hydroxylation is 2. The largest absolute Gasteiger partial charge is 0.508 e. The van der Waals surface area contributed by atoms with Crippen LogP contribution < -0.4 is 15.4 Å². The first-order valence-corrected chi connectivity index (χ1v) is 8.83. The monoisotopic (exact) mass is 370 g/mol. The summed E-state index contributed by atoms with van der Waals surface area (Å²) in [6.45, 7) is 9.10. The minimum Gasteiger partial charge on any atom is -0.508 e. The van der Waals surface area contributed by atoms with Crippen molar-refractivity contribution in [2.45, 2.75) is 40.5 Å². The Balaban J connectivity index is 2.19. The van der Waals surface area contributed by atoms with Crippen molar-refractivity contribution in [2.75, 3.05) is 11.9 Å². The maximum Gasteiger partial charge on any atom is 0.243 e. The molecular formula is C21H26N2O4. The summed E-state index contributed by atoms with van der Waals surface area (Å²) in [7, 11) is 0. The first-order valence-electron chi connectivity index (χ1n) is 8.83. The number of phenolic OH excluding ortho intramolecular Hbond substituents is 1. The highest BCUT2D eigenvalue weighted by Crippen LogP contribution is 2.35. The molecule has 0 aromatic heterocycles. The smallest absolute Gasteiger partial charge is 0.243 e. The first-order chi connectivity index (χ1) is 12.7. The molecule has 0 aliphatic carbocycles. The summed E-state index contributed by atoms with van der Waals surface area (Å²) in [5, 5.41) is 15.2. The van der Waals surface area contributed by atoms with E-state index in [4.69, 9.17) is 4.74 Å². The van der Waals surface area contributed by atoms with Crippen molar-refractivity contribution in [1.29, 1.82) is 0 Å². The van der Waals surface area contributed by atoms with Crippen LogP contribution in [0.15, 0.2) is 30.3 Å². The summed E-state index contributed by atoms with van der Waals surface area (Å²) < 4.78 is 6.04. The predicted octanol–water partition coefficient (Wildman–Crippen LogP) is 4.00. The van der Waals surface area contributed by atoms with Gasteiger partial charge in [0.2, 0.25) is 11.8 Å². The van der Waals surface area contributed by atoms with Crippen LogP contribution in [0.3, 0.4) is 0 Å². The molecule has 2 aromatic rings. The van der Waals surface area contributed by atoms with Crippen molar-refractivity contribution in [3.05, 3.63) is 47.0 Å². The minimum absolute atomic E-state index is 0.0723. The van der Waals surface area contributed by atoms with Gasteiger partial charge in [-0.05, 0) is 61.2 Å². The molecule has 2 rings (SSSR count). The fraction of sp³-hybridized carbons (Fsp3) is 0.333. The van der Waals surface area contributed by atoms with E-state index < -0.39 is 0 Å². The van der Waals surface area contributed by atoms with E-state index >= 15 is 0 Å². The number of rotatable bonds is 6. The summed E-state index contributed by atoms with van der Waals surface area (Å²) >= 11 is 0. The van der Waals surface area contributed by atoms with Gasteiger partial charge >= 0.3 is 0 Å². The molecule has 144 valence electrons. The van der Waals surface area contributed by atoms with Crippen LogP contribution in [-0.2, 0) is 9.59 Å². The highest BCUT2D eigenvalue weighted by atomic mass is 16.5. The third kappa shape index (κ3) is 5.48. The summed E-state index contributed by atoms with van der Waals surface area (Å²) in [5.41, 5.74) is 3.19. The quantitative estimate of drug-likeness (QED) is 0.717. The molecule has 3 N–H and O–H groups in total. The van der Waals surface area contributed by atoms with Crippen LogP contribution in [0.25, 0.3) is 0 Å². The zero-order valence-electron chi connectivity index (χ0n) is 16.3. The molecule has 6 heteroatoms. The SMILES string of the molecule is CC(=O)NCC(=O)Nc1cc(C)c(Oc2ccc(O)c(C(C)C)c2)c(C)c1. The number of carbonyl (C=O) groups excluding carboxylic acids is 2. The van der Waals surface area contributed by atoms with Gasteiger partial charge < -0.3 is 20.5 Å². The lowest BCUT2D eigenvalue weighted by Gasteiger charge is -2.16. The van der Waals surface area contributed by atoms with Gasteiger partial charge in [0.15, 0.2) is 0 Å². The van der Waals surface area contributed by atoms with Crippen LogP contribution in [0.1, 0.15) is 43.4 Å². The third-order valence-electron chi connectivity index (χ3n) is 4.08. The Kier molecular flexibility index (Phi) is 6.45. The molecule has 6 nitrogen and oxygen atoms in total. The Bertz CT molecular complexity index is 836. The summed E-state index contributed by atoms with van der Waals surface area (Å²) in [5.74, 6) is 1.23. The van der Waals surface area contributed by atoms with Crippen LogP contribution in [0.2, 0.25) is 0 Å². The summed E-state index contributed by atoms with van der Waals surface area (Å²) in [6.07, 6.45) is 0. The molecule has 27 heavy (non-hydrogen) atoms. The van der Waals surface area contributed by atoms with Gasteiger partial charge in [0.05, 0.1) is 6.54 Å². The van der Waals surface area contributed by atoms with E-state index in [0.29, 0.717) is 17.2 Å². The number of carbonyl (C=O) groups is 2. The Morgan fingerprint density at radius 3 is 2.30 bits per heavy atom. The van der Waals surface area contributed by atoms with Crippen LogP contribution in [0.5, 0.6) is 17.2 Å². The number of ether oxygens (including phenoxy) is 1. The van der Waals surface area contributed by atoms with Gasteiger partial charge in [0.25, 0.3) is 0 Å². The van der Waals surface area contributed by atoms with Gasteiger partial charge in [-0.2, -0.15) is 0 Å². The van der Waals surface area contributed by atoms with Crippen molar-refractivity contribution < 1.29 is 19.4 Å². The zero-order valence-corrected chi connectivity index (χ0v) is 16.3. The molecule has 0 unspecified atom stereocenters. The summed E-state index contributed by atoms with van der Waals surface area (Å²) in [6, 6.07) is 8.83. The number of hydrogen-bond acceptors (Lipinski definition) is 4. The van der Waals surface area contributed by atoms with Crippen LogP contribution in [0.4, 0.5) is 5.69 Å². The molecule has 0 spiro atoms. The van der Waals surface area contributed by atoms with Gasteiger partial charge in [0.1, 0.15) is 17.2 Å². The topological polar surface area (TPSA) is 87.7 Å². The Hall–Kier alpha value is -3.02. The van der Waals surface area contributed by atoms with Crippen LogP contribution in [-0.4, -0.2) is 23.5 Å². The van der Waals surface area contributed by atoms with E-state index in [1.807, 2.05) is 45.9 Å². The molecule has 2 amide bonds. The van der Waals surface area contributed by atoms with Gasteiger partial charge in [-0.25, -0.2) is 0 Å². The molecule has 0 atom stereocenters. The number of aromatic hydroxyl groups is 1. The maximum atomic E-state index is 11.9. The molecule has 0 radical (unpaired) electrons. The van der Waals surface area contributed by atoms with Crippen molar-refractivity contribution >= 4 is 17.5 Å². The minimum atomic E-state index is -0.294. The van der Waals surface area contributed by atoms with Crippen molar-refractivity contribution in [3.63, 3.8) is 0 Å². The van der Waals surface area contributed by atoms with E-state index in [-0.39, 0.29) is 30.0 Å². The number of phenols is 1. The molecule has 0 saturated heterocycles. The van der Waals surface area contributed by atoms with Crippen LogP contribution in [0, 0.1) is 13.8 Å². The normalized spacial score (nSPS) is 10.6. The second-order valence-electron chi connectivity index (χ2n) is 6.87. The average Bonchev–Trinajstić information content (AvgIpc) is 2.57. The Morgan fingerprint density at radius 1 is 1.11 bits per heavy atom. The van der Waals surface area contributed by atoms with E-state index in [2.05, 4.69) is 10.6 Å². The Labute approximate surface area is 159 Å². The lowest BCUT2D eigenvalue weighted by atomic mass is 10.0. The molecule has 0 bridgehead atoms. The fourth-order valence-corrected chi connectivity index (χ4v) is 2.77. The molecule has 2 aromatic carbocycles. The van der Waals surface area contributed by atoms with E-state index in [9.17, 15) is 14.7 Å². The number of hydrogen-bond donors (Lipinski definition) is 3. The predicted molar refractivity (Wildman–Crippen MR) is 105 cm³/mol. The van der Waals surface area contributed by atoms with Gasteiger partial charge in [-0.1, -0.05) is 13.8 Å². The van der Waals surface area contributed by atoms with Gasteiger partial charge in [-0.15, -0.1) is 0 Å². The Morgan fingerprint density at radius 2 is 1.74 bits per heavy atom. The van der Waals surface area contributed by atoms with Gasteiger partial charge in [0, 0.05) is 18.2 Å². The molecule has 0 aliphatic heterocycles. The van der Waals surface area contributed by atoms with Crippen molar-refractivity contribution in [2.24, 2.45) is 0 Å². The standard InChI is InChI=1S/C21H26N2O4/c1-12(2)18-10-17(6-7-19(18)25)27-21-13(3)8-16(9-14(21)4)23-20(26)11-22-15(5)24/h6-10,12,25H,11H2,1-5H3,(H,22,24)(H,23,26). The molecule has 0 aliphatic rings. The molecule has 0 heterocycles. The average molecular weight is 370 g/mol. The molecule has 0 saturated carbocycles. The lowest BCUT2D eigenvalue weighted by Crippen LogP contribution is -2.31. The van der Waals surface area contributed by atoms with Crippen molar-refractivity contribution in [3.8, 4) is 17.2 Å². The number of benzene rings is 2. The fourth-order valence-electron chi connectivity index (χ4n) is 2.77. The highest BCUT2D eigenvalue weighted by Gasteiger charge is 2.12. The molecular weight excluding hydrogens is 344 g/mol. The molecule has 0 fully saturated rings.